The van der Waals surface area contributed by atoms with E-state index in [1.54, 1.807) is 11.9 Å². The van der Waals surface area contributed by atoms with Gasteiger partial charge in [-0.05, 0) is 67.4 Å². The highest BCUT2D eigenvalue weighted by Crippen LogP contribution is 2.69. The van der Waals surface area contributed by atoms with E-state index in [0.29, 0.717) is 16.7 Å². The molecule has 140 valence electrons. The van der Waals surface area contributed by atoms with Crippen LogP contribution < -0.4 is 5.32 Å². The van der Waals surface area contributed by atoms with Crippen LogP contribution in [0.5, 0.6) is 0 Å². The van der Waals surface area contributed by atoms with Crippen molar-refractivity contribution >= 4 is 17.5 Å². The Bertz CT molecular complexity index is 711. The van der Waals surface area contributed by atoms with Crippen molar-refractivity contribution in [2.75, 3.05) is 18.9 Å². The van der Waals surface area contributed by atoms with Gasteiger partial charge < -0.3 is 10.2 Å². The number of amides is 2. The minimum absolute atomic E-state index is 0.119. The minimum atomic E-state index is -0.245. The first kappa shape index (κ1) is 17.6. The molecule has 4 bridgehead atoms. The van der Waals surface area contributed by atoms with Crippen LogP contribution in [0.4, 0.5) is 5.69 Å². The molecule has 4 aliphatic rings. The van der Waals surface area contributed by atoms with Crippen LogP contribution in [0.25, 0.3) is 0 Å². The lowest BCUT2D eigenvalue weighted by Crippen LogP contribution is -2.60. The molecule has 0 aromatic heterocycles. The Kier molecular flexibility index (Phi) is 3.94. The second-order valence-corrected chi connectivity index (χ2v) is 9.99. The summed E-state index contributed by atoms with van der Waals surface area (Å²) in [6.45, 7) is 4.87. The molecule has 1 aromatic carbocycles. The van der Waals surface area contributed by atoms with E-state index in [9.17, 15) is 9.59 Å². The third-order valence-corrected chi connectivity index (χ3v) is 6.86. The molecule has 4 saturated carbocycles. The van der Waals surface area contributed by atoms with Crippen LogP contribution in [0.2, 0.25) is 0 Å². The van der Waals surface area contributed by atoms with Crippen molar-refractivity contribution in [3.05, 3.63) is 30.3 Å². The number of carbonyl (C=O) groups is 2. The first-order valence-electron chi connectivity index (χ1n) is 9.82. The molecule has 0 saturated heterocycles. The Balaban J connectivity index is 1.46. The number of hydrogen-bond acceptors (Lipinski definition) is 2. The fourth-order valence-corrected chi connectivity index (χ4v) is 7.10. The lowest BCUT2D eigenvalue weighted by atomic mass is 9.40. The van der Waals surface area contributed by atoms with Gasteiger partial charge in [0, 0.05) is 12.7 Å². The fourth-order valence-electron chi connectivity index (χ4n) is 7.10. The van der Waals surface area contributed by atoms with Crippen LogP contribution >= 0.6 is 0 Å². The van der Waals surface area contributed by atoms with Gasteiger partial charge in [-0.3, -0.25) is 9.59 Å². The molecular weight excluding hydrogens is 324 g/mol. The number of likely N-dealkylation sites (N-methyl/N-ethyl adjacent to an activating group) is 1. The highest BCUT2D eigenvalue weighted by atomic mass is 16.2. The summed E-state index contributed by atoms with van der Waals surface area (Å²) in [5.74, 6) is 0.730. The second-order valence-electron chi connectivity index (χ2n) is 9.99. The number of hydrogen-bond donors (Lipinski definition) is 1. The Morgan fingerprint density at radius 3 is 2.23 bits per heavy atom. The van der Waals surface area contributed by atoms with Gasteiger partial charge in [0.05, 0.1) is 12.0 Å². The van der Waals surface area contributed by atoms with Gasteiger partial charge in [-0.15, -0.1) is 0 Å². The summed E-state index contributed by atoms with van der Waals surface area (Å²) < 4.78 is 0. The van der Waals surface area contributed by atoms with Gasteiger partial charge in [0.25, 0.3) is 0 Å². The number of nitrogens with one attached hydrogen (secondary N) is 1. The zero-order chi connectivity index (χ0) is 18.6. The Morgan fingerprint density at radius 2 is 1.65 bits per heavy atom. The highest BCUT2D eigenvalue weighted by Gasteiger charge is 2.63. The molecule has 1 N–H and O–H groups in total. The molecule has 0 aliphatic heterocycles. The molecular formula is C22H30N2O2. The number of rotatable bonds is 4. The number of para-hydroxylation sites is 1. The third-order valence-electron chi connectivity index (χ3n) is 6.86. The van der Waals surface area contributed by atoms with Gasteiger partial charge in [0.1, 0.15) is 0 Å². The molecule has 1 aromatic rings. The summed E-state index contributed by atoms with van der Waals surface area (Å²) in [7, 11) is 1.79. The molecule has 4 fully saturated rings. The lowest BCUT2D eigenvalue weighted by molar-refractivity contribution is -0.178. The summed E-state index contributed by atoms with van der Waals surface area (Å²) >= 11 is 0. The summed E-state index contributed by atoms with van der Waals surface area (Å²) in [6, 6.07) is 9.42. The maximum absolute atomic E-state index is 13.4. The lowest BCUT2D eigenvalue weighted by Gasteiger charge is -2.65. The van der Waals surface area contributed by atoms with Crippen molar-refractivity contribution in [2.24, 2.45) is 22.2 Å². The van der Waals surface area contributed by atoms with Crippen LogP contribution in [0.15, 0.2) is 30.3 Å². The number of anilines is 1. The van der Waals surface area contributed by atoms with E-state index in [-0.39, 0.29) is 23.8 Å². The van der Waals surface area contributed by atoms with Gasteiger partial charge in [-0.1, -0.05) is 32.0 Å². The van der Waals surface area contributed by atoms with Crippen molar-refractivity contribution in [1.82, 2.24) is 4.90 Å². The maximum atomic E-state index is 13.4. The standard InChI is InChI=1S/C22H30N2O2/c1-20-9-16-10-21(2,13-20)15-22(11-16,14-20)19(26)24(3)12-18(25)23-17-7-5-4-6-8-17/h4-8,16H,9-15H2,1-3H3,(H,23,25). The van der Waals surface area contributed by atoms with Crippen LogP contribution in [0.1, 0.15) is 52.4 Å². The van der Waals surface area contributed by atoms with E-state index in [0.717, 1.165) is 24.9 Å². The fraction of sp³-hybridized carbons (Fsp3) is 0.636. The quantitative estimate of drug-likeness (QED) is 0.886. The second kappa shape index (κ2) is 5.83. The third kappa shape index (κ3) is 3.04. The molecule has 4 aliphatic carbocycles. The average Bonchev–Trinajstić information content (AvgIpc) is 2.51. The van der Waals surface area contributed by atoms with Gasteiger partial charge in [-0.2, -0.15) is 0 Å². The number of nitrogens with zero attached hydrogens (tertiary/aromatic N) is 1. The molecule has 2 unspecified atom stereocenters. The first-order chi connectivity index (χ1) is 12.2. The molecule has 5 rings (SSSR count). The minimum Gasteiger partial charge on any atom is -0.336 e. The number of carbonyl (C=O) groups excluding carboxylic acids is 2. The molecule has 0 radical (unpaired) electrons. The van der Waals surface area contributed by atoms with Crippen molar-refractivity contribution in [2.45, 2.75) is 52.4 Å². The van der Waals surface area contributed by atoms with Crippen molar-refractivity contribution in [3.8, 4) is 0 Å². The summed E-state index contributed by atoms with van der Waals surface area (Å²) in [6.07, 6.45) is 6.81. The summed E-state index contributed by atoms with van der Waals surface area (Å²) in [5.41, 5.74) is 1.13. The van der Waals surface area contributed by atoms with E-state index < -0.39 is 0 Å². The molecule has 0 spiro atoms. The topological polar surface area (TPSA) is 49.4 Å². The van der Waals surface area contributed by atoms with Crippen molar-refractivity contribution < 1.29 is 9.59 Å². The summed E-state index contributed by atoms with van der Waals surface area (Å²) in [5, 5.41) is 2.88. The predicted molar refractivity (Wildman–Crippen MR) is 103 cm³/mol. The average molecular weight is 354 g/mol. The van der Waals surface area contributed by atoms with Gasteiger partial charge in [-0.25, -0.2) is 0 Å². The Labute approximate surface area is 156 Å². The summed E-state index contributed by atoms with van der Waals surface area (Å²) in [4.78, 5) is 27.5. The van der Waals surface area contributed by atoms with Crippen LogP contribution in [0, 0.1) is 22.2 Å². The maximum Gasteiger partial charge on any atom is 0.243 e. The molecule has 0 heterocycles. The van der Waals surface area contributed by atoms with Crippen LogP contribution in [-0.2, 0) is 9.59 Å². The zero-order valence-corrected chi connectivity index (χ0v) is 16.2. The van der Waals surface area contributed by atoms with Gasteiger partial charge >= 0.3 is 0 Å². The largest absolute Gasteiger partial charge is 0.336 e. The molecule has 4 nitrogen and oxygen atoms in total. The van der Waals surface area contributed by atoms with E-state index >= 15 is 0 Å². The zero-order valence-electron chi connectivity index (χ0n) is 16.2. The number of benzene rings is 1. The molecule has 2 amide bonds. The Hall–Kier alpha value is -1.84. The highest BCUT2D eigenvalue weighted by molar-refractivity contribution is 5.95. The SMILES string of the molecule is CN(CC(=O)Nc1ccccc1)C(=O)C12CC3CC(C)(CC(C)(C3)C1)C2. The van der Waals surface area contributed by atoms with Crippen LogP contribution in [0.3, 0.4) is 0 Å². The Morgan fingerprint density at radius 1 is 1.04 bits per heavy atom. The van der Waals surface area contributed by atoms with Crippen molar-refractivity contribution in [1.29, 1.82) is 0 Å². The smallest absolute Gasteiger partial charge is 0.243 e. The van der Waals surface area contributed by atoms with Crippen molar-refractivity contribution in [3.63, 3.8) is 0 Å². The van der Waals surface area contributed by atoms with E-state index in [2.05, 4.69) is 19.2 Å². The molecule has 2 atom stereocenters. The monoisotopic (exact) mass is 354 g/mol. The molecule has 26 heavy (non-hydrogen) atoms. The first-order valence-corrected chi connectivity index (χ1v) is 9.82. The van der Waals surface area contributed by atoms with Crippen LogP contribution in [-0.4, -0.2) is 30.3 Å². The van der Waals surface area contributed by atoms with Gasteiger partial charge in [0.2, 0.25) is 11.8 Å². The van der Waals surface area contributed by atoms with Gasteiger partial charge in [0.15, 0.2) is 0 Å². The normalized spacial score (nSPS) is 37.4. The van der Waals surface area contributed by atoms with E-state index in [1.807, 2.05) is 30.3 Å². The van der Waals surface area contributed by atoms with E-state index in [1.165, 1.54) is 19.3 Å². The predicted octanol–water partition coefficient (Wildman–Crippen LogP) is 4.08. The van der Waals surface area contributed by atoms with E-state index in [4.69, 9.17) is 0 Å². The molecule has 4 heteroatoms.